The molecule has 0 radical (unpaired) electrons. The molecule has 7 nitrogen and oxygen atoms in total. The predicted molar refractivity (Wildman–Crippen MR) is 104 cm³/mol. The second-order valence-corrected chi connectivity index (χ2v) is 6.20. The molecule has 0 spiro atoms. The normalized spacial score (nSPS) is 10.7. The number of anilines is 1. The highest BCUT2D eigenvalue weighted by Crippen LogP contribution is 2.20. The van der Waals surface area contributed by atoms with E-state index in [0.29, 0.717) is 11.3 Å². The fourth-order valence-corrected chi connectivity index (χ4v) is 2.75. The minimum absolute atomic E-state index is 0.0205. The summed E-state index contributed by atoms with van der Waals surface area (Å²) in [6.07, 6.45) is 1.51. The van der Waals surface area contributed by atoms with Crippen LogP contribution in [0, 0.1) is 5.82 Å². The summed E-state index contributed by atoms with van der Waals surface area (Å²) in [5.74, 6) is -0.464. The van der Waals surface area contributed by atoms with Gasteiger partial charge < -0.3 is 14.4 Å². The van der Waals surface area contributed by atoms with E-state index < -0.39 is 5.56 Å². The van der Waals surface area contributed by atoms with Gasteiger partial charge >= 0.3 is 0 Å². The fraction of sp³-hybridized carbons (Fsp3) is 0.0476. The molecule has 2 aromatic heterocycles. The second-order valence-electron chi connectivity index (χ2n) is 6.20. The van der Waals surface area contributed by atoms with Crippen molar-refractivity contribution in [1.29, 1.82) is 0 Å². The predicted octanol–water partition coefficient (Wildman–Crippen LogP) is 3.34. The van der Waals surface area contributed by atoms with Gasteiger partial charge in [-0.1, -0.05) is 23.4 Å². The molecule has 0 fully saturated rings. The van der Waals surface area contributed by atoms with Crippen molar-refractivity contribution in [2.24, 2.45) is 0 Å². The minimum Gasteiger partial charge on any atom is -0.333 e. The lowest BCUT2D eigenvalue weighted by Crippen LogP contribution is -2.28. The Hall–Kier alpha value is -4.07. The van der Waals surface area contributed by atoms with Gasteiger partial charge in [0.05, 0.1) is 0 Å². The van der Waals surface area contributed by atoms with Crippen molar-refractivity contribution >= 4 is 11.6 Å². The van der Waals surface area contributed by atoms with Crippen molar-refractivity contribution in [2.75, 3.05) is 5.32 Å². The summed E-state index contributed by atoms with van der Waals surface area (Å²) in [5.41, 5.74) is 0.924. The van der Waals surface area contributed by atoms with Crippen LogP contribution in [0.2, 0.25) is 0 Å². The summed E-state index contributed by atoms with van der Waals surface area (Å²) in [5, 5.41) is 6.57. The molecule has 8 heteroatoms. The summed E-state index contributed by atoms with van der Waals surface area (Å²) in [6.45, 7) is -0.166. The molecule has 4 aromatic rings. The van der Waals surface area contributed by atoms with E-state index in [9.17, 15) is 14.0 Å². The van der Waals surface area contributed by atoms with Crippen LogP contribution in [0.3, 0.4) is 0 Å². The summed E-state index contributed by atoms with van der Waals surface area (Å²) in [7, 11) is 0. The van der Waals surface area contributed by atoms with Crippen molar-refractivity contribution in [1.82, 2.24) is 14.7 Å². The number of pyridine rings is 1. The Balaban J connectivity index is 1.56. The molecule has 0 aliphatic rings. The van der Waals surface area contributed by atoms with E-state index in [-0.39, 0.29) is 35.5 Å². The zero-order chi connectivity index (χ0) is 20.2. The maximum atomic E-state index is 13.1. The van der Waals surface area contributed by atoms with E-state index >= 15 is 0 Å². The third kappa shape index (κ3) is 4.11. The van der Waals surface area contributed by atoms with E-state index in [1.807, 2.05) is 6.07 Å². The van der Waals surface area contributed by atoms with Crippen LogP contribution in [0.1, 0.15) is 0 Å². The molecule has 144 valence electrons. The molecule has 1 amide bonds. The number of hydrogen-bond donors (Lipinski definition) is 1. The first-order chi connectivity index (χ1) is 14.1. The molecule has 0 aliphatic heterocycles. The Bertz CT molecular complexity index is 1200. The van der Waals surface area contributed by atoms with Gasteiger partial charge in [-0.2, -0.15) is 4.98 Å². The summed E-state index contributed by atoms with van der Waals surface area (Å²) >= 11 is 0. The van der Waals surface area contributed by atoms with Gasteiger partial charge in [-0.3, -0.25) is 9.59 Å². The zero-order valence-electron chi connectivity index (χ0n) is 15.1. The Morgan fingerprint density at radius 3 is 2.55 bits per heavy atom. The first-order valence-electron chi connectivity index (χ1n) is 8.74. The van der Waals surface area contributed by atoms with Crippen molar-refractivity contribution < 1.29 is 13.7 Å². The molecule has 29 heavy (non-hydrogen) atoms. The minimum atomic E-state index is -0.440. The van der Waals surface area contributed by atoms with E-state index in [1.54, 1.807) is 30.3 Å². The highest BCUT2D eigenvalue weighted by atomic mass is 19.1. The molecule has 0 saturated carbocycles. The van der Waals surface area contributed by atoms with Crippen molar-refractivity contribution in [3.05, 3.63) is 89.1 Å². The Labute approximate surface area is 164 Å². The topological polar surface area (TPSA) is 90.0 Å². The van der Waals surface area contributed by atoms with Gasteiger partial charge in [0.2, 0.25) is 11.7 Å². The Kier molecular flexibility index (Phi) is 4.98. The molecule has 0 bridgehead atoms. The van der Waals surface area contributed by atoms with Crippen LogP contribution in [-0.4, -0.2) is 20.6 Å². The average molecular weight is 390 g/mol. The number of hydrogen-bond acceptors (Lipinski definition) is 5. The number of amides is 1. The van der Waals surface area contributed by atoms with Gasteiger partial charge in [0.15, 0.2) is 0 Å². The molecule has 0 aliphatic carbocycles. The molecule has 2 heterocycles. The van der Waals surface area contributed by atoms with Crippen LogP contribution >= 0.6 is 0 Å². The van der Waals surface area contributed by atoms with Gasteiger partial charge in [0.1, 0.15) is 17.9 Å². The third-order valence-corrected chi connectivity index (χ3v) is 4.15. The van der Waals surface area contributed by atoms with Gasteiger partial charge in [-0.05, 0) is 48.5 Å². The molecule has 0 unspecified atom stereocenters. The lowest BCUT2D eigenvalue weighted by Gasteiger charge is -2.08. The number of nitrogens with one attached hydrogen (secondary N) is 1. The van der Waals surface area contributed by atoms with Crippen LogP contribution in [0.4, 0.5) is 10.1 Å². The van der Waals surface area contributed by atoms with Gasteiger partial charge in [-0.25, -0.2) is 4.39 Å². The molecular formula is C21H15FN4O3. The standard InChI is InChI=1S/C21H15FN4O3/c22-15-10-8-14(9-11-15)19-24-20(29-25-19)17-7-4-12-26(21(17)28)13-18(27)23-16-5-2-1-3-6-16/h1-12H,13H2,(H,23,27). The molecule has 2 aromatic carbocycles. The summed E-state index contributed by atoms with van der Waals surface area (Å²) < 4.78 is 19.5. The largest absolute Gasteiger partial charge is 0.333 e. The van der Waals surface area contributed by atoms with Crippen LogP contribution in [-0.2, 0) is 11.3 Å². The van der Waals surface area contributed by atoms with Gasteiger partial charge in [0, 0.05) is 17.4 Å². The second kappa shape index (κ2) is 7.89. The number of benzene rings is 2. The molecule has 4 rings (SSSR count). The smallest absolute Gasteiger partial charge is 0.263 e. The first kappa shape index (κ1) is 18.3. The highest BCUT2D eigenvalue weighted by Gasteiger charge is 2.16. The fourth-order valence-electron chi connectivity index (χ4n) is 2.75. The van der Waals surface area contributed by atoms with Crippen molar-refractivity contribution in [2.45, 2.75) is 6.54 Å². The van der Waals surface area contributed by atoms with E-state index in [4.69, 9.17) is 4.52 Å². The van der Waals surface area contributed by atoms with Gasteiger partial charge in [0.25, 0.3) is 11.4 Å². The quantitative estimate of drug-likeness (QED) is 0.564. The zero-order valence-corrected chi connectivity index (χ0v) is 15.1. The first-order valence-corrected chi connectivity index (χ1v) is 8.74. The maximum Gasteiger partial charge on any atom is 0.263 e. The third-order valence-electron chi connectivity index (χ3n) is 4.15. The lowest BCUT2D eigenvalue weighted by atomic mass is 10.2. The Morgan fingerprint density at radius 2 is 1.79 bits per heavy atom. The van der Waals surface area contributed by atoms with Crippen molar-refractivity contribution in [3.8, 4) is 22.8 Å². The molecule has 0 atom stereocenters. The number of halogens is 1. The van der Waals surface area contributed by atoms with Crippen LogP contribution < -0.4 is 10.9 Å². The SMILES string of the molecule is O=C(Cn1cccc(-c2nc(-c3ccc(F)cc3)no2)c1=O)Nc1ccccc1. The average Bonchev–Trinajstić information content (AvgIpc) is 3.21. The molecule has 1 N–H and O–H groups in total. The number of aromatic nitrogens is 3. The maximum absolute atomic E-state index is 13.1. The van der Waals surface area contributed by atoms with Crippen LogP contribution in [0.25, 0.3) is 22.8 Å². The summed E-state index contributed by atoms with van der Waals surface area (Å²) in [4.78, 5) is 29.2. The van der Waals surface area contributed by atoms with Crippen molar-refractivity contribution in [3.63, 3.8) is 0 Å². The number of rotatable bonds is 5. The number of carbonyl (C=O) groups excluding carboxylic acids is 1. The number of para-hydroxylation sites is 1. The number of carbonyl (C=O) groups is 1. The van der Waals surface area contributed by atoms with Gasteiger partial charge in [-0.15, -0.1) is 0 Å². The lowest BCUT2D eigenvalue weighted by molar-refractivity contribution is -0.116. The number of nitrogens with zero attached hydrogens (tertiary/aromatic N) is 3. The summed E-state index contributed by atoms with van der Waals surface area (Å²) in [6, 6.07) is 17.7. The monoisotopic (exact) mass is 390 g/mol. The molecular weight excluding hydrogens is 375 g/mol. The highest BCUT2D eigenvalue weighted by molar-refractivity contribution is 5.90. The Morgan fingerprint density at radius 1 is 1.03 bits per heavy atom. The van der Waals surface area contributed by atoms with E-state index in [0.717, 1.165) is 0 Å². The van der Waals surface area contributed by atoms with E-state index in [2.05, 4.69) is 15.5 Å². The van der Waals surface area contributed by atoms with E-state index in [1.165, 1.54) is 41.1 Å². The van der Waals surface area contributed by atoms with Crippen LogP contribution in [0.5, 0.6) is 0 Å². The molecule has 0 saturated heterocycles. The van der Waals surface area contributed by atoms with Crippen LogP contribution in [0.15, 0.2) is 82.2 Å².